The zero-order valence-electron chi connectivity index (χ0n) is 16.8. The van der Waals surface area contributed by atoms with Crippen molar-refractivity contribution in [1.82, 2.24) is 14.1 Å². The van der Waals surface area contributed by atoms with Gasteiger partial charge in [0.15, 0.2) is 0 Å². The van der Waals surface area contributed by atoms with Crippen LogP contribution in [0.15, 0.2) is 71.8 Å². The molecule has 1 amide bonds. The Kier molecular flexibility index (Phi) is 4.47. The third kappa shape index (κ3) is 3.01. The maximum atomic E-state index is 13.2. The smallest absolute Gasteiger partial charge is 0.314 e. The first-order valence-corrected chi connectivity index (χ1v) is 10.1. The van der Waals surface area contributed by atoms with Crippen molar-refractivity contribution >= 4 is 22.6 Å². The number of carbonyl (C=O) groups excluding carboxylic acids is 1. The Hall–Kier alpha value is -3.67. The van der Waals surface area contributed by atoms with Gasteiger partial charge in [0.1, 0.15) is 6.54 Å². The van der Waals surface area contributed by atoms with E-state index < -0.39 is 0 Å². The van der Waals surface area contributed by atoms with Crippen molar-refractivity contribution in [1.29, 1.82) is 0 Å². The van der Waals surface area contributed by atoms with Gasteiger partial charge in [-0.1, -0.05) is 30.3 Å². The van der Waals surface area contributed by atoms with Crippen molar-refractivity contribution in [2.75, 3.05) is 11.9 Å². The average molecular weight is 398 g/mol. The van der Waals surface area contributed by atoms with Crippen LogP contribution in [0.2, 0.25) is 0 Å². The molecular weight excluding hydrogens is 376 g/mol. The molecule has 150 valence electrons. The van der Waals surface area contributed by atoms with Crippen molar-refractivity contribution < 1.29 is 4.79 Å². The molecule has 2 aromatic heterocycles. The lowest BCUT2D eigenvalue weighted by molar-refractivity contribution is -0.118. The van der Waals surface area contributed by atoms with E-state index >= 15 is 0 Å². The topological polar surface area (TPSA) is 60.1 Å². The molecule has 30 heavy (non-hydrogen) atoms. The zero-order valence-corrected chi connectivity index (χ0v) is 16.8. The molecule has 0 saturated heterocycles. The van der Waals surface area contributed by atoms with Gasteiger partial charge in [-0.2, -0.15) is 0 Å². The summed E-state index contributed by atoms with van der Waals surface area (Å²) in [7, 11) is 1.72. The predicted molar refractivity (Wildman–Crippen MR) is 118 cm³/mol. The molecule has 0 unspecified atom stereocenters. The third-order valence-electron chi connectivity index (χ3n) is 5.84. The van der Waals surface area contributed by atoms with Crippen molar-refractivity contribution in [3.8, 4) is 11.1 Å². The molecular formula is C24H22N4O2. The van der Waals surface area contributed by atoms with Crippen molar-refractivity contribution in [3.63, 3.8) is 0 Å². The van der Waals surface area contributed by atoms with Crippen molar-refractivity contribution in [2.24, 2.45) is 0 Å². The lowest BCUT2D eigenvalue weighted by Crippen LogP contribution is -2.34. The highest BCUT2D eigenvalue weighted by Gasteiger charge is 2.23. The second-order valence-electron chi connectivity index (χ2n) is 7.65. The van der Waals surface area contributed by atoms with Crippen LogP contribution in [0.4, 0.5) is 5.69 Å². The van der Waals surface area contributed by atoms with E-state index in [9.17, 15) is 9.59 Å². The quantitative estimate of drug-likeness (QED) is 0.529. The molecule has 0 bridgehead atoms. The number of aryl methyl sites for hydroxylation is 2. The van der Waals surface area contributed by atoms with Crippen LogP contribution in [0.5, 0.6) is 0 Å². The molecule has 0 fully saturated rings. The van der Waals surface area contributed by atoms with Crippen LogP contribution in [-0.4, -0.2) is 27.1 Å². The molecule has 0 radical (unpaired) electrons. The van der Waals surface area contributed by atoms with E-state index in [1.54, 1.807) is 41.0 Å². The molecule has 2 aromatic carbocycles. The number of rotatable bonds is 4. The number of likely N-dealkylation sites (N-methyl/N-ethyl adjacent to an activating group) is 1. The van der Waals surface area contributed by atoms with Gasteiger partial charge in [-0.25, -0.2) is 4.79 Å². The number of anilines is 1. The molecule has 0 saturated carbocycles. The van der Waals surface area contributed by atoms with E-state index in [4.69, 9.17) is 0 Å². The number of benzene rings is 2. The number of hydrogen-bond donors (Lipinski definition) is 0. The van der Waals surface area contributed by atoms with E-state index in [0.29, 0.717) is 6.54 Å². The molecule has 1 aliphatic rings. The summed E-state index contributed by atoms with van der Waals surface area (Å²) in [6.07, 6.45) is 5.16. The molecule has 0 N–H and O–H groups in total. The monoisotopic (exact) mass is 398 g/mol. The molecule has 1 aliphatic heterocycles. The van der Waals surface area contributed by atoms with Crippen LogP contribution in [0.25, 0.3) is 22.2 Å². The summed E-state index contributed by atoms with van der Waals surface area (Å²) in [5.41, 5.74) is 5.77. The first-order chi connectivity index (χ1) is 14.6. The minimum absolute atomic E-state index is 0.00115. The van der Waals surface area contributed by atoms with Gasteiger partial charge in [0.2, 0.25) is 5.91 Å². The fourth-order valence-electron chi connectivity index (χ4n) is 4.27. The molecule has 0 spiro atoms. The van der Waals surface area contributed by atoms with Crippen LogP contribution in [-0.2, 0) is 24.3 Å². The largest absolute Gasteiger partial charge is 0.329 e. The van der Waals surface area contributed by atoms with Crippen LogP contribution >= 0.6 is 0 Å². The van der Waals surface area contributed by atoms with Gasteiger partial charge in [0.25, 0.3) is 0 Å². The van der Waals surface area contributed by atoms with Gasteiger partial charge in [-0.05, 0) is 53.8 Å². The number of pyridine rings is 1. The molecule has 0 aliphatic carbocycles. The zero-order chi connectivity index (χ0) is 20.7. The van der Waals surface area contributed by atoms with E-state index in [2.05, 4.69) is 23.2 Å². The second-order valence-corrected chi connectivity index (χ2v) is 7.65. The summed E-state index contributed by atoms with van der Waals surface area (Å²) in [5, 5.41) is 0. The number of nitrogens with zero attached hydrogens (tertiary/aromatic N) is 4. The van der Waals surface area contributed by atoms with Crippen LogP contribution < -0.4 is 10.6 Å². The fraction of sp³-hybridized carbons (Fsp3) is 0.208. The van der Waals surface area contributed by atoms with E-state index in [0.717, 1.165) is 40.7 Å². The van der Waals surface area contributed by atoms with E-state index in [1.165, 1.54) is 5.56 Å². The average Bonchev–Trinajstić information content (AvgIpc) is 3.07. The minimum Gasteiger partial charge on any atom is -0.314 e. The predicted octanol–water partition coefficient (Wildman–Crippen LogP) is 3.47. The number of imidazole rings is 1. The second kappa shape index (κ2) is 7.30. The normalized spacial score (nSPS) is 12.8. The van der Waals surface area contributed by atoms with Crippen molar-refractivity contribution in [3.05, 3.63) is 83.0 Å². The molecule has 3 heterocycles. The lowest BCUT2D eigenvalue weighted by Gasteiger charge is -2.17. The van der Waals surface area contributed by atoms with E-state index in [1.807, 2.05) is 28.8 Å². The Morgan fingerprint density at radius 1 is 1.07 bits per heavy atom. The van der Waals surface area contributed by atoms with Crippen LogP contribution in [0.1, 0.15) is 12.0 Å². The number of carbonyl (C=O) groups is 1. The summed E-state index contributed by atoms with van der Waals surface area (Å²) < 4.78 is 3.44. The first kappa shape index (κ1) is 18.4. The van der Waals surface area contributed by atoms with Crippen LogP contribution in [0, 0.1) is 0 Å². The molecule has 4 aromatic rings. The van der Waals surface area contributed by atoms with Gasteiger partial charge in [-0.15, -0.1) is 0 Å². The molecule has 0 atom stereocenters. The maximum absolute atomic E-state index is 13.2. The number of hydrogen-bond acceptors (Lipinski definition) is 3. The fourth-order valence-corrected chi connectivity index (χ4v) is 4.27. The van der Waals surface area contributed by atoms with Gasteiger partial charge in [-0.3, -0.25) is 18.9 Å². The Morgan fingerprint density at radius 3 is 2.60 bits per heavy atom. The standard InChI is InChI=1S/C24H22N4O2/c1-26(20-9-11-25-12-10-20)22(29)16-28-21-15-19(17-6-3-2-4-7-17)14-18-8-5-13-27(23(18)21)24(28)30/h2-4,6-7,9-12,14-15H,5,8,13,16H2,1H3. The highest BCUT2D eigenvalue weighted by Crippen LogP contribution is 2.31. The summed E-state index contributed by atoms with van der Waals surface area (Å²) >= 11 is 0. The van der Waals surface area contributed by atoms with Crippen LogP contribution in [0.3, 0.4) is 0 Å². The summed E-state index contributed by atoms with van der Waals surface area (Å²) in [6.45, 7) is 0.688. The Bertz CT molecular complexity index is 1290. The van der Waals surface area contributed by atoms with E-state index in [-0.39, 0.29) is 18.1 Å². The SMILES string of the molecule is CN(C(=O)Cn1c(=O)n2c3c(cc(-c4ccccc4)cc31)CCC2)c1ccncc1. The Labute approximate surface area is 174 Å². The lowest BCUT2D eigenvalue weighted by atomic mass is 9.97. The van der Waals surface area contributed by atoms with Crippen molar-refractivity contribution in [2.45, 2.75) is 25.9 Å². The van der Waals surface area contributed by atoms with Gasteiger partial charge >= 0.3 is 5.69 Å². The van der Waals surface area contributed by atoms with Gasteiger partial charge in [0, 0.05) is 31.7 Å². The maximum Gasteiger partial charge on any atom is 0.329 e. The summed E-state index contributed by atoms with van der Waals surface area (Å²) in [6, 6.07) is 17.9. The first-order valence-electron chi connectivity index (χ1n) is 10.1. The minimum atomic E-state index is -0.145. The highest BCUT2D eigenvalue weighted by atomic mass is 16.2. The van der Waals surface area contributed by atoms with Gasteiger partial charge < -0.3 is 4.90 Å². The highest BCUT2D eigenvalue weighted by molar-refractivity contribution is 5.94. The van der Waals surface area contributed by atoms with Gasteiger partial charge in [0.05, 0.1) is 11.0 Å². The number of aromatic nitrogens is 3. The molecule has 5 rings (SSSR count). The summed E-state index contributed by atoms with van der Waals surface area (Å²) in [4.78, 5) is 31.8. The molecule has 6 heteroatoms. The third-order valence-corrected chi connectivity index (χ3v) is 5.84. The Balaban J connectivity index is 1.62. The summed E-state index contributed by atoms with van der Waals surface area (Å²) in [5.74, 6) is -0.145. The Morgan fingerprint density at radius 2 is 1.83 bits per heavy atom. The number of amides is 1. The molecule has 6 nitrogen and oxygen atoms in total.